The van der Waals surface area contributed by atoms with Crippen LogP contribution in [-0.4, -0.2) is 35.2 Å². The summed E-state index contributed by atoms with van der Waals surface area (Å²) < 4.78 is 15.9. The van der Waals surface area contributed by atoms with Crippen LogP contribution in [0.5, 0.6) is 0 Å². The van der Waals surface area contributed by atoms with Crippen molar-refractivity contribution in [1.29, 1.82) is 0 Å². The molecular weight excluding hydrogens is 188 g/mol. The van der Waals surface area contributed by atoms with E-state index >= 15 is 0 Å². The number of methoxy groups -OCH3 is 1. The Hall–Kier alpha value is -0.220. The molecule has 1 unspecified atom stereocenters. The van der Waals surface area contributed by atoms with Crippen LogP contribution in [0.4, 0.5) is 0 Å². The fraction of sp³-hybridized carbons (Fsp3) is 0.889. The minimum Gasteiger partial charge on any atom is -0.377 e. The van der Waals surface area contributed by atoms with Gasteiger partial charge in [-0.2, -0.15) is 0 Å². The van der Waals surface area contributed by atoms with Crippen molar-refractivity contribution >= 4 is 16.6 Å². The van der Waals surface area contributed by atoms with Gasteiger partial charge in [0.05, 0.1) is 5.75 Å². The monoisotopic (exact) mass is 206 g/mol. The molecule has 3 nitrogen and oxygen atoms in total. The zero-order chi connectivity index (χ0) is 10.3. The molecule has 0 radical (unpaired) electrons. The number of Topliss-reactive ketones (excluding diaryl/α,β-unsaturated/α-hetero) is 1. The lowest BCUT2D eigenvalue weighted by Crippen LogP contribution is -2.17. The highest BCUT2D eigenvalue weighted by molar-refractivity contribution is 7.85. The maximum Gasteiger partial charge on any atom is 0.170 e. The fourth-order valence-corrected chi connectivity index (χ4v) is 2.14. The van der Waals surface area contributed by atoms with Gasteiger partial charge in [0.1, 0.15) is 6.61 Å². The number of carbonyl (C=O) groups excluding carboxylic acids is 1. The predicted molar refractivity (Wildman–Crippen MR) is 54.2 cm³/mol. The zero-order valence-corrected chi connectivity index (χ0v) is 9.36. The van der Waals surface area contributed by atoms with E-state index in [2.05, 4.69) is 18.6 Å². The molecule has 0 aromatic heterocycles. The largest absolute Gasteiger partial charge is 0.377 e. The second-order valence-corrected chi connectivity index (χ2v) is 5.02. The molecule has 0 fully saturated rings. The lowest BCUT2D eigenvalue weighted by molar-refractivity contribution is -0.120. The first-order valence-electron chi connectivity index (χ1n) is 4.42. The van der Waals surface area contributed by atoms with Crippen LogP contribution >= 0.6 is 0 Å². The van der Waals surface area contributed by atoms with E-state index < -0.39 is 10.8 Å². The van der Waals surface area contributed by atoms with Gasteiger partial charge in [-0.1, -0.05) is 13.8 Å². The van der Waals surface area contributed by atoms with Crippen LogP contribution in [0.2, 0.25) is 0 Å². The van der Waals surface area contributed by atoms with Crippen molar-refractivity contribution < 1.29 is 13.7 Å². The molecule has 0 aromatic carbocycles. The number of hydrogen-bond donors (Lipinski definition) is 0. The molecule has 0 heterocycles. The minimum atomic E-state index is -1.00. The van der Waals surface area contributed by atoms with E-state index in [1.54, 1.807) is 0 Å². The Kier molecular flexibility index (Phi) is 7.09. The molecule has 0 aliphatic heterocycles. The Morgan fingerprint density at radius 1 is 1.46 bits per heavy atom. The molecule has 0 saturated carbocycles. The smallest absolute Gasteiger partial charge is 0.170 e. The van der Waals surface area contributed by atoms with Crippen molar-refractivity contribution in [1.82, 2.24) is 0 Å². The average Bonchev–Trinajstić information content (AvgIpc) is 2.01. The lowest BCUT2D eigenvalue weighted by Gasteiger charge is -2.03. The lowest BCUT2D eigenvalue weighted by atomic mass is 10.2. The van der Waals surface area contributed by atoms with Crippen molar-refractivity contribution in [2.75, 3.05) is 25.2 Å². The quantitative estimate of drug-likeness (QED) is 0.624. The second kappa shape index (κ2) is 7.21. The minimum absolute atomic E-state index is 0.0768. The predicted octanol–water partition coefficient (Wildman–Crippen LogP) is 0.997. The van der Waals surface area contributed by atoms with Gasteiger partial charge in [-0.3, -0.25) is 9.00 Å². The van der Waals surface area contributed by atoms with Crippen LogP contribution < -0.4 is 0 Å². The molecule has 0 aromatic rings. The van der Waals surface area contributed by atoms with E-state index in [0.717, 1.165) is 6.42 Å². The molecule has 0 aliphatic carbocycles. The Balaban J connectivity index is 3.56. The average molecular weight is 206 g/mol. The van der Waals surface area contributed by atoms with Crippen LogP contribution in [0.25, 0.3) is 0 Å². The van der Waals surface area contributed by atoms with Crippen molar-refractivity contribution in [2.45, 2.75) is 20.3 Å². The fourth-order valence-electron chi connectivity index (χ4n) is 0.822. The molecule has 4 heteroatoms. The number of carbonyl (C=O) groups is 1. The molecule has 0 N–H and O–H groups in total. The number of rotatable bonds is 7. The Labute approximate surface area is 82.3 Å². The van der Waals surface area contributed by atoms with Gasteiger partial charge < -0.3 is 4.74 Å². The van der Waals surface area contributed by atoms with Crippen LogP contribution in [0.1, 0.15) is 20.3 Å². The van der Waals surface area contributed by atoms with Crippen LogP contribution in [-0.2, 0) is 20.3 Å². The summed E-state index contributed by atoms with van der Waals surface area (Å²) in [5.41, 5.74) is 0. The maximum absolute atomic E-state index is 11.3. The molecule has 0 saturated heterocycles. The molecule has 0 aliphatic rings. The van der Waals surface area contributed by atoms with Crippen LogP contribution in [0.3, 0.4) is 0 Å². The molecule has 0 amide bonds. The van der Waals surface area contributed by atoms with Crippen molar-refractivity contribution in [3.8, 4) is 0 Å². The van der Waals surface area contributed by atoms with Crippen molar-refractivity contribution in [2.24, 2.45) is 5.92 Å². The summed E-state index contributed by atoms with van der Waals surface area (Å²) >= 11 is 0. The van der Waals surface area contributed by atoms with Gasteiger partial charge in [0, 0.05) is 23.7 Å². The molecule has 13 heavy (non-hydrogen) atoms. The van der Waals surface area contributed by atoms with E-state index in [1.165, 1.54) is 7.11 Å². The van der Waals surface area contributed by atoms with E-state index in [0.29, 0.717) is 11.7 Å². The summed E-state index contributed by atoms with van der Waals surface area (Å²) in [5.74, 6) is 1.22. The highest BCUT2D eigenvalue weighted by Gasteiger charge is 2.07. The summed E-state index contributed by atoms with van der Waals surface area (Å²) in [6.45, 7) is 4.23. The highest BCUT2D eigenvalue weighted by atomic mass is 32.2. The van der Waals surface area contributed by atoms with Gasteiger partial charge in [-0.15, -0.1) is 0 Å². The van der Waals surface area contributed by atoms with Gasteiger partial charge in [0.2, 0.25) is 0 Å². The third-order valence-corrected chi connectivity index (χ3v) is 2.89. The summed E-state index contributed by atoms with van der Waals surface area (Å²) in [7, 11) is 0.465. The Bertz CT molecular complexity index is 178. The van der Waals surface area contributed by atoms with Gasteiger partial charge in [0.25, 0.3) is 0 Å². The first-order valence-corrected chi connectivity index (χ1v) is 5.90. The normalized spacial score (nSPS) is 13.2. The molecule has 0 rings (SSSR count). The summed E-state index contributed by atoms with van der Waals surface area (Å²) in [6.07, 6.45) is 0.910. The zero-order valence-electron chi connectivity index (χ0n) is 8.54. The first-order chi connectivity index (χ1) is 6.06. The van der Waals surface area contributed by atoms with Crippen LogP contribution in [0, 0.1) is 5.92 Å². The van der Waals surface area contributed by atoms with E-state index in [9.17, 15) is 9.00 Å². The number of ether oxygens (including phenoxy) is 1. The molecular formula is C9H18O3S. The van der Waals surface area contributed by atoms with Gasteiger partial charge >= 0.3 is 0 Å². The molecule has 1 atom stereocenters. The number of ketones is 1. The SMILES string of the molecule is COCC(=O)CS(=O)CCC(C)C. The topological polar surface area (TPSA) is 43.4 Å². The highest BCUT2D eigenvalue weighted by Crippen LogP contribution is 2.00. The molecule has 0 bridgehead atoms. The first kappa shape index (κ1) is 12.8. The van der Waals surface area contributed by atoms with Gasteiger partial charge in [0.15, 0.2) is 5.78 Å². The van der Waals surface area contributed by atoms with E-state index in [4.69, 9.17) is 0 Å². The van der Waals surface area contributed by atoms with Crippen molar-refractivity contribution in [3.05, 3.63) is 0 Å². The third-order valence-electron chi connectivity index (χ3n) is 1.55. The van der Waals surface area contributed by atoms with E-state index in [-0.39, 0.29) is 18.1 Å². The Morgan fingerprint density at radius 3 is 2.54 bits per heavy atom. The van der Waals surface area contributed by atoms with Gasteiger partial charge in [-0.25, -0.2) is 0 Å². The molecule has 78 valence electrons. The Morgan fingerprint density at radius 2 is 2.08 bits per heavy atom. The summed E-state index contributed by atoms with van der Waals surface area (Å²) in [4.78, 5) is 11.0. The second-order valence-electron chi connectivity index (χ2n) is 3.44. The van der Waals surface area contributed by atoms with Gasteiger partial charge in [-0.05, 0) is 12.3 Å². The van der Waals surface area contributed by atoms with Crippen LogP contribution in [0.15, 0.2) is 0 Å². The maximum atomic E-state index is 11.3. The van der Waals surface area contributed by atoms with E-state index in [1.807, 2.05) is 0 Å². The van der Waals surface area contributed by atoms with Crippen molar-refractivity contribution in [3.63, 3.8) is 0 Å². The molecule has 0 spiro atoms. The summed E-state index contributed by atoms with van der Waals surface area (Å²) in [6, 6.07) is 0. The number of hydrogen-bond acceptors (Lipinski definition) is 3. The standard InChI is InChI=1S/C9H18O3S/c1-8(2)4-5-13(11)7-9(10)6-12-3/h8H,4-7H2,1-3H3. The third kappa shape index (κ3) is 8.12. The summed E-state index contributed by atoms with van der Waals surface area (Å²) in [5, 5.41) is 0.